The summed E-state index contributed by atoms with van der Waals surface area (Å²) in [5.41, 5.74) is 5.73. The Bertz CT molecular complexity index is 1620. The zero-order valence-electron chi connectivity index (χ0n) is 19.1. The average molecular weight is 491 g/mol. The van der Waals surface area contributed by atoms with Gasteiger partial charge >= 0.3 is 0 Å². The summed E-state index contributed by atoms with van der Waals surface area (Å²) in [4.78, 5) is 18.6. The fourth-order valence-corrected chi connectivity index (χ4v) is 5.11. The molecule has 0 spiro atoms. The number of aryl methyl sites for hydroxylation is 2. The lowest BCUT2D eigenvalue weighted by molar-refractivity contribution is 0.269. The van der Waals surface area contributed by atoms with Crippen molar-refractivity contribution in [1.82, 2.24) is 9.38 Å². The van der Waals surface area contributed by atoms with E-state index in [0.717, 1.165) is 33.3 Å². The topological polar surface area (TPSA) is 52.8 Å². The largest absolute Gasteiger partial charge is 0.490 e. The minimum atomic E-state index is -0.0616. The standard InChI is InChI=1S/C27H23ClN2O3S/c1-4-32-23-13-19(7-10-22(23)33-15-18-5-8-20(28)9-6-18)14-24-26(31)30-21-12-16(2)11-17(3)25(21)29-27(30)34-24/h5-14H,4,15H2,1-3H3/b24-14-. The Morgan fingerprint density at radius 3 is 2.59 bits per heavy atom. The molecule has 0 aliphatic carbocycles. The Morgan fingerprint density at radius 2 is 1.82 bits per heavy atom. The van der Waals surface area contributed by atoms with Gasteiger partial charge in [0.2, 0.25) is 0 Å². The van der Waals surface area contributed by atoms with E-state index in [4.69, 9.17) is 26.1 Å². The van der Waals surface area contributed by atoms with Crippen LogP contribution in [0.15, 0.2) is 59.4 Å². The summed E-state index contributed by atoms with van der Waals surface area (Å²) in [6.45, 7) is 6.89. The summed E-state index contributed by atoms with van der Waals surface area (Å²) in [5.74, 6) is 1.28. The van der Waals surface area contributed by atoms with Crippen LogP contribution in [0.1, 0.15) is 29.2 Å². The molecule has 0 aliphatic heterocycles. The first-order chi connectivity index (χ1) is 16.4. The second-order valence-electron chi connectivity index (χ2n) is 8.15. The van der Waals surface area contributed by atoms with Crippen molar-refractivity contribution in [3.05, 3.63) is 96.8 Å². The van der Waals surface area contributed by atoms with Crippen molar-refractivity contribution >= 4 is 45.0 Å². The number of halogens is 1. The lowest BCUT2D eigenvalue weighted by Crippen LogP contribution is -2.22. The molecule has 0 radical (unpaired) electrons. The molecule has 0 unspecified atom stereocenters. The number of imidazole rings is 1. The second kappa shape index (κ2) is 9.12. The Balaban J connectivity index is 1.50. The number of benzene rings is 3. The quantitative estimate of drug-likeness (QED) is 0.306. The van der Waals surface area contributed by atoms with Crippen molar-refractivity contribution in [2.75, 3.05) is 6.61 Å². The predicted molar refractivity (Wildman–Crippen MR) is 138 cm³/mol. The molecule has 0 bridgehead atoms. The second-order valence-corrected chi connectivity index (χ2v) is 9.60. The molecule has 0 saturated carbocycles. The zero-order chi connectivity index (χ0) is 23.8. The Labute approximate surface area is 205 Å². The van der Waals surface area contributed by atoms with Crippen LogP contribution >= 0.6 is 22.9 Å². The molecule has 3 aromatic carbocycles. The Hall–Kier alpha value is -3.35. The minimum absolute atomic E-state index is 0.0616. The number of rotatable bonds is 6. The molecule has 2 heterocycles. The normalized spacial score (nSPS) is 12.1. The average Bonchev–Trinajstić information content (AvgIpc) is 3.31. The summed E-state index contributed by atoms with van der Waals surface area (Å²) >= 11 is 7.35. The highest BCUT2D eigenvalue weighted by atomic mass is 35.5. The summed E-state index contributed by atoms with van der Waals surface area (Å²) in [6.07, 6.45) is 1.88. The Kier molecular flexibility index (Phi) is 6.02. The highest BCUT2D eigenvalue weighted by Gasteiger charge is 2.14. The zero-order valence-corrected chi connectivity index (χ0v) is 20.7. The molecule has 5 nitrogen and oxygen atoms in total. The van der Waals surface area contributed by atoms with E-state index in [1.54, 1.807) is 4.40 Å². The van der Waals surface area contributed by atoms with Gasteiger partial charge in [0.05, 0.1) is 22.2 Å². The number of fused-ring (bicyclic) bond motifs is 3. The molecule has 0 saturated heterocycles. The first-order valence-electron chi connectivity index (χ1n) is 11.0. The third-order valence-electron chi connectivity index (χ3n) is 5.55. The van der Waals surface area contributed by atoms with Gasteiger partial charge in [-0.1, -0.05) is 47.2 Å². The summed E-state index contributed by atoms with van der Waals surface area (Å²) in [5, 5.41) is 0.690. The van der Waals surface area contributed by atoms with Crippen molar-refractivity contribution in [2.24, 2.45) is 0 Å². The van der Waals surface area contributed by atoms with Gasteiger partial charge in [-0.25, -0.2) is 9.38 Å². The first-order valence-corrected chi connectivity index (χ1v) is 12.2. The highest BCUT2D eigenvalue weighted by molar-refractivity contribution is 7.15. The molecule has 172 valence electrons. The van der Waals surface area contributed by atoms with Gasteiger partial charge in [-0.2, -0.15) is 0 Å². The van der Waals surface area contributed by atoms with Crippen molar-refractivity contribution in [1.29, 1.82) is 0 Å². The van der Waals surface area contributed by atoms with Gasteiger partial charge in [0.15, 0.2) is 16.5 Å². The van der Waals surface area contributed by atoms with Crippen LogP contribution in [0.3, 0.4) is 0 Å². The molecular formula is C27H23ClN2O3S. The van der Waals surface area contributed by atoms with E-state index in [9.17, 15) is 4.79 Å². The number of nitrogens with zero attached hydrogens (tertiary/aromatic N) is 2. The maximum Gasteiger partial charge on any atom is 0.274 e. The third-order valence-corrected chi connectivity index (χ3v) is 6.77. The Morgan fingerprint density at radius 1 is 1.03 bits per heavy atom. The van der Waals surface area contributed by atoms with Gasteiger partial charge < -0.3 is 9.47 Å². The number of ether oxygens (including phenoxy) is 2. The van der Waals surface area contributed by atoms with Gasteiger partial charge in [-0.15, -0.1) is 0 Å². The summed E-state index contributed by atoms with van der Waals surface area (Å²) in [7, 11) is 0. The molecule has 2 aromatic heterocycles. The van der Waals surface area contributed by atoms with Crippen LogP contribution in [-0.4, -0.2) is 16.0 Å². The molecule has 7 heteroatoms. The number of hydrogen-bond acceptors (Lipinski definition) is 5. The highest BCUT2D eigenvalue weighted by Crippen LogP contribution is 2.30. The van der Waals surface area contributed by atoms with Crippen LogP contribution in [0, 0.1) is 13.8 Å². The minimum Gasteiger partial charge on any atom is -0.490 e. The van der Waals surface area contributed by atoms with Crippen LogP contribution in [0.2, 0.25) is 5.02 Å². The van der Waals surface area contributed by atoms with Crippen LogP contribution in [0.25, 0.3) is 22.1 Å². The van der Waals surface area contributed by atoms with E-state index < -0.39 is 0 Å². The number of hydrogen-bond donors (Lipinski definition) is 0. The van der Waals surface area contributed by atoms with Crippen LogP contribution < -0.4 is 19.6 Å². The van der Waals surface area contributed by atoms with Gasteiger partial charge in [-0.05, 0) is 79.4 Å². The third kappa shape index (κ3) is 4.27. The lowest BCUT2D eigenvalue weighted by Gasteiger charge is -2.12. The van der Waals surface area contributed by atoms with E-state index in [-0.39, 0.29) is 5.56 Å². The van der Waals surface area contributed by atoms with Crippen molar-refractivity contribution in [3.63, 3.8) is 0 Å². The molecule has 0 fully saturated rings. The molecule has 0 atom stereocenters. The first kappa shape index (κ1) is 22.4. The SMILES string of the molecule is CCOc1cc(/C=c2\sc3nc4c(C)cc(C)cc4n3c2=O)ccc1OCc1ccc(Cl)cc1. The van der Waals surface area contributed by atoms with Crippen molar-refractivity contribution < 1.29 is 9.47 Å². The van der Waals surface area contributed by atoms with E-state index in [1.165, 1.54) is 11.3 Å². The van der Waals surface area contributed by atoms with Crippen LogP contribution in [-0.2, 0) is 6.61 Å². The molecule has 5 aromatic rings. The molecule has 0 N–H and O–H groups in total. The fourth-order valence-electron chi connectivity index (χ4n) is 4.01. The molecule has 0 aliphatic rings. The van der Waals surface area contributed by atoms with Crippen molar-refractivity contribution in [3.8, 4) is 11.5 Å². The fraction of sp³-hybridized carbons (Fsp3) is 0.185. The smallest absolute Gasteiger partial charge is 0.274 e. The summed E-state index contributed by atoms with van der Waals surface area (Å²) in [6, 6.07) is 17.3. The van der Waals surface area contributed by atoms with Crippen LogP contribution in [0.4, 0.5) is 0 Å². The molecule has 5 rings (SSSR count). The van der Waals surface area contributed by atoms with Gasteiger partial charge in [-0.3, -0.25) is 4.79 Å². The maximum atomic E-state index is 13.2. The predicted octanol–water partition coefficient (Wildman–Crippen LogP) is 5.70. The molecular weight excluding hydrogens is 468 g/mol. The van der Waals surface area contributed by atoms with Gasteiger partial charge in [0.1, 0.15) is 6.61 Å². The van der Waals surface area contributed by atoms with E-state index >= 15 is 0 Å². The molecule has 0 amide bonds. The summed E-state index contributed by atoms with van der Waals surface area (Å²) < 4.78 is 14.2. The maximum absolute atomic E-state index is 13.2. The van der Waals surface area contributed by atoms with Gasteiger partial charge in [0, 0.05) is 5.02 Å². The van der Waals surface area contributed by atoms with E-state index in [2.05, 4.69) is 6.07 Å². The number of aromatic nitrogens is 2. The van der Waals surface area contributed by atoms with E-state index in [1.807, 2.05) is 75.4 Å². The van der Waals surface area contributed by atoms with E-state index in [0.29, 0.717) is 39.2 Å². The number of thiazole rings is 1. The van der Waals surface area contributed by atoms with Crippen LogP contribution in [0.5, 0.6) is 11.5 Å². The molecule has 34 heavy (non-hydrogen) atoms. The lowest BCUT2D eigenvalue weighted by atomic mass is 10.1. The van der Waals surface area contributed by atoms with Crippen molar-refractivity contribution in [2.45, 2.75) is 27.4 Å². The van der Waals surface area contributed by atoms with Gasteiger partial charge in [0.25, 0.3) is 5.56 Å². The monoisotopic (exact) mass is 490 g/mol.